The van der Waals surface area contributed by atoms with Gasteiger partial charge in [-0.3, -0.25) is 4.79 Å². The molecule has 5 rings (SSSR count). The quantitative estimate of drug-likeness (QED) is 0.833. The summed E-state index contributed by atoms with van der Waals surface area (Å²) in [7, 11) is 0. The van der Waals surface area contributed by atoms with Crippen molar-refractivity contribution in [1.29, 1.82) is 0 Å². The van der Waals surface area contributed by atoms with Crippen molar-refractivity contribution < 1.29 is 9.53 Å². The number of nitrogens with one attached hydrogen (secondary N) is 1. The van der Waals surface area contributed by atoms with Gasteiger partial charge in [0.2, 0.25) is 5.91 Å². The Kier molecular flexibility index (Phi) is 4.99. The van der Waals surface area contributed by atoms with Gasteiger partial charge in [-0.1, -0.05) is 24.3 Å². The lowest BCUT2D eigenvalue weighted by molar-refractivity contribution is -0.136. The third-order valence-corrected chi connectivity index (χ3v) is 7.56. The third-order valence-electron chi connectivity index (χ3n) is 6.83. The SMILES string of the molecule is O=C(CC1OCCc2ccccc21)N(Cc1ccsc1)C1CC12CCNCC2. The Balaban J connectivity index is 1.35. The van der Waals surface area contributed by atoms with Crippen LogP contribution in [0.2, 0.25) is 0 Å². The minimum absolute atomic E-state index is 0.106. The summed E-state index contributed by atoms with van der Waals surface area (Å²) in [6.45, 7) is 3.60. The zero-order valence-corrected chi connectivity index (χ0v) is 17.0. The summed E-state index contributed by atoms with van der Waals surface area (Å²) in [6.07, 6.45) is 4.82. The van der Waals surface area contributed by atoms with E-state index in [0.717, 1.165) is 32.5 Å². The fraction of sp³-hybridized carbons (Fsp3) is 0.522. The van der Waals surface area contributed by atoms with E-state index < -0.39 is 0 Å². The minimum Gasteiger partial charge on any atom is -0.373 e. The van der Waals surface area contributed by atoms with Gasteiger partial charge in [0.1, 0.15) is 0 Å². The van der Waals surface area contributed by atoms with E-state index in [0.29, 0.717) is 24.5 Å². The maximum Gasteiger partial charge on any atom is 0.226 e. The number of nitrogens with zero attached hydrogens (tertiary/aromatic N) is 1. The molecule has 0 radical (unpaired) electrons. The van der Waals surface area contributed by atoms with E-state index in [1.807, 2.05) is 0 Å². The topological polar surface area (TPSA) is 41.6 Å². The molecule has 1 spiro atoms. The van der Waals surface area contributed by atoms with Crippen LogP contribution in [0.4, 0.5) is 0 Å². The van der Waals surface area contributed by atoms with Crippen molar-refractivity contribution in [3.05, 3.63) is 57.8 Å². The highest BCUT2D eigenvalue weighted by Crippen LogP contribution is 2.56. The lowest BCUT2D eigenvalue weighted by Gasteiger charge is -2.32. The molecule has 1 saturated carbocycles. The molecule has 1 N–H and O–H groups in total. The fourth-order valence-corrected chi connectivity index (χ4v) is 5.76. The first kappa shape index (κ1) is 18.3. The number of hydrogen-bond acceptors (Lipinski definition) is 4. The van der Waals surface area contributed by atoms with Gasteiger partial charge in [0, 0.05) is 12.6 Å². The molecule has 4 nitrogen and oxygen atoms in total. The molecule has 2 aliphatic heterocycles. The molecular weight excluding hydrogens is 368 g/mol. The van der Waals surface area contributed by atoms with Gasteiger partial charge >= 0.3 is 0 Å². The van der Waals surface area contributed by atoms with Crippen LogP contribution in [0.5, 0.6) is 0 Å². The van der Waals surface area contributed by atoms with E-state index in [1.54, 1.807) is 11.3 Å². The molecule has 3 heterocycles. The summed E-state index contributed by atoms with van der Waals surface area (Å²) in [5.74, 6) is 0.244. The highest BCUT2D eigenvalue weighted by molar-refractivity contribution is 7.07. The number of thiophene rings is 1. The van der Waals surface area contributed by atoms with E-state index in [4.69, 9.17) is 4.74 Å². The zero-order chi connectivity index (χ0) is 19.0. The minimum atomic E-state index is -0.106. The average molecular weight is 397 g/mol. The molecule has 1 amide bonds. The number of piperidine rings is 1. The van der Waals surface area contributed by atoms with Gasteiger partial charge in [0.25, 0.3) is 0 Å². The molecular formula is C23H28N2O2S. The predicted octanol–water partition coefficient (Wildman–Crippen LogP) is 3.92. The zero-order valence-electron chi connectivity index (χ0n) is 16.2. The summed E-state index contributed by atoms with van der Waals surface area (Å²) < 4.78 is 6.04. The Hall–Kier alpha value is -1.69. The van der Waals surface area contributed by atoms with Crippen molar-refractivity contribution in [2.45, 2.75) is 50.8 Å². The number of ether oxygens (including phenoxy) is 1. The largest absolute Gasteiger partial charge is 0.373 e. The Labute approximate surface area is 170 Å². The van der Waals surface area contributed by atoms with Crippen LogP contribution in [-0.4, -0.2) is 36.5 Å². The maximum absolute atomic E-state index is 13.5. The predicted molar refractivity (Wildman–Crippen MR) is 111 cm³/mol. The van der Waals surface area contributed by atoms with Crippen LogP contribution >= 0.6 is 11.3 Å². The molecule has 148 valence electrons. The first-order valence-corrected chi connectivity index (χ1v) is 11.4. The van der Waals surface area contributed by atoms with Crippen molar-refractivity contribution in [3.63, 3.8) is 0 Å². The summed E-state index contributed by atoms with van der Waals surface area (Å²) in [5, 5.41) is 7.74. The van der Waals surface area contributed by atoms with Crippen LogP contribution in [0.1, 0.15) is 48.5 Å². The number of carbonyl (C=O) groups is 1. The van der Waals surface area contributed by atoms with Crippen LogP contribution in [-0.2, 0) is 22.5 Å². The molecule has 2 fully saturated rings. The Morgan fingerprint density at radius 1 is 1.25 bits per heavy atom. The monoisotopic (exact) mass is 396 g/mol. The Morgan fingerprint density at radius 3 is 2.93 bits per heavy atom. The van der Waals surface area contributed by atoms with Gasteiger partial charge in [-0.15, -0.1) is 0 Å². The molecule has 28 heavy (non-hydrogen) atoms. The van der Waals surface area contributed by atoms with Gasteiger partial charge in [-0.05, 0) is 77.7 Å². The second-order valence-corrected chi connectivity index (χ2v) is 9.28. The van der Waals surface area contributed by atoms with Crippen LogP contribution < -0.4 is 5.32 Å². The number of rotatable bonds is 5. The highest BCUT2D eigenvalue weighted by atomic mass is 32.1. The van der Waals surface area contributed by atoms with Crippen molar-refractivity contribution in [3.8, 4) is 0 Å². The molecule has 2 unspecified atom stereocenters. The van der Waals surface area contributed by atoms with Gasteiger partial charge in [0.15, 0.2) is 0 Å². The number of benzene rings is 1. The summed E-state index contributed by atoms with van der Waals surface area (Å²) in [6, 6.07) is 11.0. The Bertz CT molecular complexity index is 829. The van der Waals surface area contributed by atoms with E-state index >= 15 is 0 Å². The van der Waals surface area contributed by atoms with Gasteiger partial charge < -0.3 is 15.0 Å². The highest BCUT2D eigenvalue weighted by Gasteiger charge is 2.57. The van der Waals surface area contributed by atoms with Crippen molar-refractivity contribution >= 4 is 17.2 Å². The second kappa shape index (κ2) is 7.62. The number of fused-ring (bicyclic) bond motifs is 1. The smallest absolute Gasteiger partial charge is 0.226 e. The van der Waals surface area contributed by atoms with Crippen LogP contribution in [0.25, 0.3) is 0 Å². The number of amides is 1. The molecule has 5 heteroatoms. The lowest BCUT2D eigenvalue weighted by Crippen LogP contribution is -2.39. The van der Waals surface area contributed by atoms with Gasteiger partial charge in [-0.25, -0.2) is 0 Å². The van der Waals surface area contributed by atoms with E-state index in [2.05, 4.69) is 51.3 Å². The first-order valence-electron chi connectivity index (χ1n) is 10.5. The molecule has 2 aromatic rings. The van der Waals surface area contributed by atoms with Crippen molar-refractivity contribution in [2.24, 2.45) is 5.41 Å². The summed E-state index contributed by atoms with van der Waals surface area (Å²) in [4.78, 5) is 15.7. The molecule has 0 bridgehead atoms. The molecule has 1 saturated heterocycles. The number of carbonyl (C=O) groups excluding carboxylic acids is 1. The molecule has 1 aromatic heterocycles. The second-order valence-electron chi connectivity index (χ2n) is 8.50. The van der Waals surface area contributed by atoms with Crippen LogP contribution in [0.15, 0.2) is 41.1 Å². The third kappa shape index (κ3) is 3.51. The standard InChI is InChI=1S/C23H28N2O2S/c26-22(13-20-19-4-2-1-3-18(19)5-11-27-20)25(15-17-6-12-28-16-17)21-14-23(21)7-9-24-10-8-23/h1-4,6,12,16,20-21,24H,5,7-11,13-15H2. The maximum atomic E-state index is 13.5. The fourth-order valence-electron chi connectivity index (χ4n) is 5.10. The van der Waals surface area contributed by atoms with Crippen LogP contribution in [0, 0.1) is 5.41 Å². The summed E-state index contributed by atoms with van der Waals surface area (Å²) >= 11 is 1.71. The normalized spacial score (nSPS) is 25.3. The lowest BCUT2D eigenvalue weighted by atomic mass is 9.93. The van der Waals surface area contributed by atoms with E-state index in [1.165, 1.54) is 29.5 Å². The van der Waals surface area contributed by atoms with E-state index in [9.17, 15) is 4.79 Å². The Morgan fingerprint density at radius 2 is 2.11 bits per heavy atom. The van der Waals surface area contributed by atoms with Crippen molar-refractivity contribution in [2.75, 3.05) is 19.7 Å². The van der Waals surface area contributed by atoms with Crippen molar-refractivity contribution in [1.82, 2.24) is 10.2 Å². The molecule has 1 aliphatic carbocycles. The first-order chi connectivity index (χ1) is 13.8. The van der Waals surface area contributed by atoms with Crippen LogP contribution in [0.3, 0.4) is 0 Å². The summed E-state index contributed by atoms with van der Waals surface area (Å²) in [5.41, 5.74) is 4.13. The molecule has 2 atom stereocenters. The molecule has 3 aliphatic rings. The molecule has 1 aromatic carbocycles. The van der Waals surface area contributed by atoms with E-state index in [-0.39, 0.29) is 12.0 Å². The van der Waals surface area contributed by atoms with Gasteiger partial charge in [-0.2, -0.15) is 11.3 Å². The van der Waals surface area contributed by atoms with Gasteiger partial charge in [0.05, 0.1) is 19.1 Å². The average Bonchev–Trinajstić information content (AvgIpc) is 3.14. The number of hydrogen-bond donors (Lipinski definition) is 1.